The molecule has 0 radical (unpaired) electrons. The summed E-state index contributed by atoms with van der Waals surface area (Å²) in [5.74, 6) is 0. The first-order valence-corrected chi connectivity index (χ1v) is 48.0. The summed E-state index contributed by atoms with van der Waals surface area (Å²) in [6.07, 6.45) is 11.3. The molecule has 9 heterocycles. The zero-order valence-corrected chi connectivity index (χ0v) is 76.4. The number of pyridine rings is 3. The van der Waals surface area contributed by atoms with Gasteiger partial charge in [-0.15, -0.1) is 0 Å². The van der Waals surface area contributed by atoms with E-state index in [4.69, 9.17) is 0 Å². The lowest BCUT2D eigenvalue weighted by Crippen LogP contribution is -2.59. The highest BCUT2D eigenvalue weighted by atomic mass is 15.1. The van der Waals surface area contributed by atoms with E-state index in [0.29, 0.717) is 0 Å². The number of rotatable bonds is 10. The summed E-state index contributed by atoms with van der Waals surface area (Å²) in [7, 11) is 0. The van der Waals surface area contributed by atoms with Gasteiger partial charge in [-0.1, -0.05) is 388 Å². The SMILES string of the molecule is Cc1cncc(-c2ccc(-c3ccc4c(c3)B3c5ccccc5-c5ccccc5N3c3ccccc3-4)cc2)c1.c1ccc(-c2ccc3c(c2)-c2ccccc2B2c4cc(-c5ccc(-c6cccnc6)cc5)ccc4-c4cc(-c5ccccc5)ccc4N23)cc1.c1ccc(-c2ccc3c(c2)-c2ccccc2B2c4cc(-c5ccc(-c6ccncc6)cc5)ccc4-c4cc(-c5ccccc5)ccc4N23)cc1. The van der Waals surface area contributed by atoms with Crippen LogP contribution in [-0.2, 0) is 0 Å². The molecule has 0 fully saturated rings. The Balaban J connectivity index is 0.000000108. The molecule has 0 saturated carbocycles. The van der Waals surface area contributed by atoms with Gasteiger partial charge in [-0.25, -0.2) is 0 Å². The molecule has 6 nitrogen and oxygen atoms in total. The molecule has 0 spiro atoms. The highest BCUT2D eigenvalue weighted by Gasteiger charge is 2.46. The number of anilines is 6. The highest BCUT2D eigenvalue weighted by Crippen LogP contribution is 2.53. The molecule has 19 aromatic carbocycles. The van der Waals surface area contributed by atoms with Crippen LogP contribution in [0.5, 0.6) is 0 Å². The fourth-order valence-electron chi connectivity index (χ4n) is 22.4. The van der Waals surface area contributed by atoms with Crippen molar-refractivity contribution < 1.29 is 0 Å². The number of aromatic nitrogens is 3. The van der Waals surface area contributed by atoms with Crippen LogP contribution in [-0.4, -0.2) is 35.5 Å². The molecule has 139 heavy (non-hydrogen) atoms. The topological polar surface area (TPSA) is 48.4 Å². The number of aryl methyl sites for hydroxylation is 1. The summed E-state index contributed by atoms with van der Waals surface area (Å²) in [5, 5.41) is 0. The molecule has 9 heteroatoms. The molecule has 0 N–H and O–H groups in total. The lowest BCUT2D eigenvalue weighted by Gasteiger charge is -2.43. The van der Waals surface area contributed by atoms with Gasteiger partial charge in [0.15, 0.2) is 0 Å². The Bertz CT molecular complexity index is 8160. The summed E-state index contributed by atoms with van der Waals surface area (Å²) in [6, 6.07) is 174. The van der Waals surface area contributed by atoms with Crippen LogP contribution in [0.4, 0.5) is 34.1 Å². The van der Waals surface area contributed by atoms with E-state index in [1.54, 1.807) is 0 Å². The number of para-hydroxylation sites is 2. The predicted molar refractivity (Wildman–Crippen MR) is 585 cm³/mol. The van der Waals surface area contributed by atoms with E-state index >= 15 is 0 Å². The minimum Gasteiger partial charge on any atom is -0.376 e. The van der Waals surface area contributed by atoms with Crippen molar-refractivity contribution in [1.29, 1.82) is 0 Å². The largest absolute Gasteiger partial charge is 0.376 e. The van der Waals surface area contributed by atoms with E-state index in [0.717, 1.165) is 11.1 Å². The van der Waals surface area contributed by atoms with E-state index in [-0.39, 0.29) is 20.5 Å². The van der Waals surface area contributed by atoms with Gasteiger partial charge in [0.2, 0.25) is 0 Å². The number of fused-ring (bicyclic) bond motifs is 33. The van der Waals surface area contributed by atoms with Crippen molar-refractivity contribution in [1.82, 2.24) is 15.0 Å². The number of hydrogen-bond acceptors (Lipinski definition) is 6. The molecule has 6 aliphatic heterocycles. The maximum Gasteiger partial charge on any atom is 0.329 e. The van der Waals surface area contributed by atoms with Crippen LogP contribution < -0.4 is 47.2 Å². The molecule has 3 aromatic heterocycles. The van der Waals surface area contributed by atoms with E-state index in [2.05, 4.69) is 503 Å². The van der Waals surface area contributed by atoms with Gasteiger partial charge in [-0.05, 0) is 269 Å². The Kier molecular flexibility index (Phi) is 20.4. The lowest BCUT2D eigenvalue weighted by molar-refractivity contribution is 1.27. The summed E-state index contributed by atoms with van der Waals surface area (Å²) in [5.41, 5.74) is 56.2. The molecule has 0 saturated heterocycles. The molecule has 646 valence electrons. The Morgan fingerprint density at radius 1 is 0.144 bits per heavy atom. The zero-order valence-electron chi connectivity index (χ0n) is 76.4. The van der Waals surface area contributed by atoms with E-state index < -0.39 is 0 Å². The van der Waals surface area contributed by atoms with Crippen LogP contribution in [0.2, 0.25) is 0 Å². The maximum atomic E-state index is 4.38. The first kappa shape index (κ1) is 81.9. The average molecular weight is 1770 g/mol. The fraction of sp³-hybridized carbons (Fsp3) is 0.00769. The van der Waals surface area contributed by atoms with Gasteiger partial charge >= 0.3 is 20.5 Å². The van der Waals surface area contributed by atoms with Gasteiger partial charge in [0.1, 0.15) is 0 Å². The molecule has 22 aromatic rings. The summed E-state index contributed by atoms with van der Waals surface area (Å²) >= 11 is 0. The van der Waals surface area contributed by atoms with Gasteiger partial charge in [-0.3, -0.25) is 15.0 Å². The molecule has 0 amide bonds. The van der Waals surface area contributed by atoms with Crippen molar-refractivity contribution in [3.05, 3.63) is 516 Å². The van der Waals surface area contributed by atoms with Crippen LogP contribution in [0.25, 0.3) is 178 Å². The number of hydrogen-bond donors (Lipinski definition) is 0. The molecule has 0 unspecified atom stereocenters. The van der Waals surface area contributed by atoms with Crippen molar-refractivity contribution in [2.24, 2.45) is 0 Å². The van der Waals surface area contributed by atoms with Crippen LogP contribution in [0, 0.1) is 6.92 Å². The minimum absolute atomic E-state index is 0.0287. The van der Waals surface area contributed by atoms with Crippen LogP contribution >= 0.6 is 0 Å². The third-order valence-corrected chi connectivity index (χ3v) is 29.0. The first-order chi connectivity index (χ1) is 68.9. The van der Waals surface area contributed by atoms with Gasteiger partial charge < -0.3 is 14.4 Å². The normalized spacial score (nSPS) is 12.4. The summed E-state index contributed by atoms with van der Waals surface area (Å²) in [6.45, 7) is 2.25. The number of nitrogens with zero attached hydrogens (tertiary/aromatic N) is 6. The summed E-state index contributed by atoms with van der Waals surface area (Å²) in [4.78, 5) is 20.6. The van der Waals surface area contributed by atoms with Crippen molar-refractivity contribution in [3.63, 3.8) is 0 Å². The highest BCUT2D eigenvalue weighted by molar-refractivity contribution is 6.94. The molecule has 0 aliphatic carbocycles. The monoisotopic (exact) mass is 1760 g/mol. The summed E-state index contributed by atoms with van der Waals surface area (Å²) < 4.78 is 0. The van der Waals surface area contributed by atoms with Crippen LogP contribution in [0.3, 0.4) is 0 Å². The standard InChI is InChI=1S/2C47H31BN2.C36H25BN2/c1-3-10-32(11-4-1)36-22-25-46-42(28-36)40-15-7-8-16-44(40)48-45-30-38(34-17-19-35(20-18-34)39-14-9-27-49-31-39)21-24-41(45)43-29-37(23-26-47(43)50(46)48)33-12-5-2-6-13-33;1-3-9-32(10-4-1)37-20-23-46-42(29-37)40-13-7-8-14-44(40)48-45-31-39(35-17-15-34(16-18-35)36-25-27-49-28-26-36)19-22-41(45)43-30-38(21-24-47(43)50(46)48)33-11-5-2-6-12-33;1-24-20-28(23-38-22-24)26-16-14-25(15-17-26)27-18-19-30-32-10-4-7-13-36(32)39-35-12-6-3-9-31(35)29-8-2-5-11-33(29)37(39)34(30)21-27/h2*1-31H;2-23H,1H3. The van der Waals surface area contributed by atoms with Gasteiger partial charge in [0, 0.05) is 110 Å². The van der Waals surface area contributed by atoms with Gasteiger partial charge in [0.05, 0.1) is 0 Å². The second-order valence-corrected chi connectivity index (χ2v) is 36.9. The second-order valence-electron chi connectivity index (χ2n) is 36.9. The lowest BCUT2D eigenvalue weighted by atomic mass is 9.43. The van der Waals surface area contributed by atoms with Crippen molar-refractivity contribution >= 4 is 87.4 Å². The quantitative estimate of drug-likeness (QED) is 0.127. The smallest absolute Gasteiger partial charge is 0.329 e. The van der Waals surface area contributed by atoms with Crippen LogP contribution in [0.1, 0.15) is 5.56 Å². The molecular formula is C130H87B3N6. The third kappa shape index (κ3) is 14.5. The molecule has 6 aliphatic rings. The second kappa shape index (κ2) is 34.6. The molecule has 0 bridgehead atoms. The fourth-order valence-corrected chi connectivity index (χ4v) is 22.4. The Morgan fingerprint density at radius 3 is 0.741 bits per heavy atom. The predicted octanol–water partition coefficient (Wildman–Crippen LogP) is 28.9. The van der Waals surface area contributed by atoms with Crippen molar-refractivity contribution in [2.45, 2.75) is 6.92 Å². The van der Waals surface area contributed by atoms with Crippen LogP contribution in [0.15, 0.2) is 510 Å². The molecule has 0 atom stereocenters. The maximum absolute atomic E-state index is 4.38. The Morgan fingerprint density at radius 2 is 0.388 bits per heavy atom. The Labute approximate surface area is 811 Å². The van der Waals surface area contributed by atoms with E-state index in [9.17, 15) is 0 Å². The van der Waals surface area contributed by atoms with Gasteiger partial charge in [-0.2, -0.15) is 0 Å². The van der Waals surface area contributed by atoms with E-state index in [1.165, 1.54) is 239 Å². The van der Waals surface area contributed by atoms with Crippen molar-refractivity contribution in [3.8, 4) is 178 Å². The average Bonchev–Trinajstić information content (AvgIpc) is 0.713. The number of benzene rings is 19. The molecular weight excluding hydrogens is 1680 g/mol. The van der Waals surface area contributed by atoms with Gasteiger partial charge in [0.25, 0.3) is 0 Å². The third-order valence-electron chi connectivity index (χ3n) is 29.0. The minimum atomic E-state index is 0.0287. The molecule has 28 rings (SSSR count). The van der Waals surface area contributed by atoms with E-state index in [1.807, 2.05) is 43.2 Å². The zero-order chi connectivity index (χ0) is 92.0. The van der Waals surface area contributed by atoms with Crippen molar-refractivity contribution in [2.75, 3.05) is 14.4 Å². The Hall–Kier alpha value is -17.8. The first-order valence-electron chi connectivity index (χ1n) is 48.0.